The fourth-order valence-corrected chi connectivity index (χ4v) is 4.34. The Morgan fingerprint density at radius 3 is 2.59 bits per heavy atom. The minimum atomic E-state index is -0.317. The number of halogens is 2. The largest absolute Gasteiger partial charge is 0.358 e. The number of fused-ring (bicyclic) bond motifs is 1. The number of H-pyrrole nitrogens is 1. The molecule has 3 heterocycles. The van der Waals surface area contributed by atoms with Crippen molar-refractivity contribution >= 4 is 16.8 Å². The molecule has 1 amide bonds. The Hall–Kier alpha value is -3.55. The Labute approximate surface area is 183 Å². The number of rotatable bonds is 4. The van der Waals surface area contributed by atoms with Crippen LogP contribution in [0.4, 0.5) is 8.78 Å². The molecule has 2 aromatic carbocycles. The summed E-state index contributed by atoms with van der Waals surface area (Å²) in [6.45, 7) is 3.09. The van der Waals surface area contributed by atoms with Crippen molar-refractivity contribution in [3.05, 3.63) is 71.2 Å². The minimum absolute atomic E-state index is 0.0224. The predicted octanol–water partition coefficient (Wildman–Crippen LogP) is 4.75. The second-order valence-electron chi connectivity index (χ2n) is 8.21. The molecule has 8 heteroatoms. The van der Waals surface area contributed by atoms with Crippen LogP contribution in [0.2, 0.25) is 0 Å². The lowest BCUT2D eigenvalue weighted by Crippen LogP contribution is -2.38. The van der Waals surface area contributed by atoms with Crippen LogP contribution in [0, 0.1) is 18.6 Å². The monoisotopic (exact) mass is 436 g/mol. The van der Waals surface area contributed by atoms with Gasteiger partial charge in [0.2, 0.25) is 17.6 Å². The Balaban J connectivity index is 1.23. The number of likely N-dealkylation sites (tertiary alicyclic amines) is 1. The molecule has 1 aliphatic heterocycles. The predicted molar refractivity (Wildman–Crippen MR) is 115 cm³/mol. The Morgan fingerprint density at radius 2 is 1.84 bits per heavy atom. The zero-order chi connectivity index (χ0) is 22.2. The van der Waals surface area contributed by atoms with Gasteiger partial charge in [-0.05, 0) is 67.8 Å². The van der Waals surface area contributed by atoms with Gasteiger partial charge in [-0.15, -0.1) is 0 Å². The van der Waals surface area contributed by atoms with E-state index in [1.807, 2.05) is 11.8 Å². The van der Waals surface area contributed by atoms with Crippen LogP contribution >= 0.6 is 0 Å². The van der Waals surface area contributed by atoms with E-state index in [1.54, 1.807) is 18.2 Å². The molecule has 0 aliphatic carbocycles. The van der Waals surface area contributed by atoms with Gasteiger partial charge in [-0.3, -0.25) is 4.79 Å². The molecule has 164 valence electrons. The normalized spacial score (nSPS) is 14.9. The fraction of sp³-hybridized carbons (Fsp3) is 0.292. The van der Waals surface area contributed by atoms with Crippen LogP contribution in [-0.4, -0.2) is 39.0 Å². The van der Waals surface area contributed by atoms with Gasteiger partial charge >= 0.3 is 0 Å². The van der Waals surface area contributed by atoms with Crippen molar-refractivity contribution in [1.82, 2.24) is 20.0 Å². The molecular formula is C24H22F2N4O2. The molecule has 1 N–H and O–H groups in total. The van der Waals surface area contributed by atoms with Crippen LogP contribution < -0.4 is 0 Å². The molecule has 32 heavy (non-hydrogen) atoms. The van der Waals surface area contributed by atoms with E-state index < -0.39 is 0 Å². The number of piperidine rings is 1. The topological polar surface area (TPSA) is 75.0 Å². The second kappa shape index (κ2) is 8.18. The summed E-state index contributed by atoms with van der Waals surface area (Å²) in [4.78, 5) is 22.5. The number of aromatic nitrogens is 3. The number of aromatic amines is 1. The quantitative estimate of drug-likeness (QED) is 0.501. The van der Waals surface area contributed by atoms with E-state index in [0.29, 0.717) is 30.4 Å². The van der Waals surface area contributed by atoms with Gasteiger partial charge in [0.15, 0.2) is 0 Å². The molecule has 5 rings (SSSR count). The maximum absolute atomic E-state index is 13.7. The minimum Gasteiger partial charge on any atom is -0.358 e. The number of carbonyl (C=O) groups excluding carboxylic acids is 1. The Morgan fingerprint density at radius 1 is 1.12 bits per heavy atom. The molecule has 1 aliphatic rings. The van der Waals surface area contributed by atoms with Gasteiger partial charge in [0.05, 0.1) is 6.42 Å². The van der Waals surface area contributed by atoms with Gasteiger partial charge in [-0.1, -0.05) is 5.16 Å². The van der Waals surface area contributed by atoms with Gasteiger partial charge in [0, 0.05) is 41.2 Å². The van der Waals surface area contributed by atoms with E-state index in [1.165, 1.54) is 24.3 Å². The van der Waals surface area contributed by atoms with E-state index in [9.17, 15) is 13.6 Å². The zero-order valence-electron chi connectivity index (χ0n) is 17.6. The molecule has 0 radical (unpaired) electrons. The SMILES string of the molecule is Cc1[nH]c2ccc(F)cc2c1CC(=O)N1CCC(c2nc(-c3ccc(F)cc3)no2)CC1. The summed E-state index contributed by atoms with van der Waals surface area (Å²) in [6, 6.07) is 10.5. The Kier molecular flexibility index (Phi) is 5.20. The summed E-state index contributed by atoms with van der Waals surface area (Å²) in [5.74, 6) is 0.437. The highest BCUT2D eigenvalue weighted by atomic mass is 19.1. The average molecular weight is 436 g/mol. The maximum Gasteiger partial charge on any atom is 0.230 e. The van der Waals surface area contributed by atoms with Crippen LogP contribution in [0.1, 0.15) is 35.9 Å². The van der Waals surface area contributed by atoms with Gasteiger partial charge in [0.1, 0.15) is 11.6 Å². The summed E-state index contributed by atoms with van der Waals surface area (Å²) in [5, 5.41) is 4.77. The molecule has 0 saturated carbocycles. The summed E-state index contributed by atoms with van der Waals surface area (Å²) in [7, 11) is 0. The number of hydrogen-bond donors (Lipinski definition) is 1. The molecule has 6 nitrogen and oxygen atoms in total. The molecular weight excluding hydrogens is 414 g/mol. The average Bonchev–Trinajstić information content (AvgIpc) is 3.40. The van der Waals surface area contributed by atoms with Crippen LogP contribution in [0.15, 0.2) is 47.0 Å². The van der Waals surface area contributed by atoms with Crippen molar-refractivity contribution in [2.24, 2.45) is 0 Å². The van der Waals surface area contributed by atoms with E-state index >= 15 is 0 Å². The number of nitrogens with one attached hydrogen (secondary N) is 1. The smallest absolute Gasteiger partial charge is 0.230 e. The van der Waals surface area contributed by atoms with Gasteiger partial charge in [-0.25, -0.2) is 8.78 Å². The molecule has 2 aromatic heterocycles. The lowest BCUT2D eigenvalue weighted by molar-refractivity contribution is -0.131. The first kappa shape index (κ1) is 20.4. The van der Waals surface area contributed by atoms with Crippen molar-refractivity contribution in [2.75, 3.05) is 13.1 Å². The third-order valence-corrected chi connectivity index (χ3v) is 6.15. The maximum atomic E-state index is 13.7. The van der Waals surface area contributed by atoms with E-state index in [2.05, 4.69) is 15.1 Å². The molecule has 0 spiro atoms. The van der Waals surface area contributed by atoms with E-state index in [4.69, 9.17) is 4.52 Å². The first-order valence-electron chi connectivity index (χ1n) is 10.6. The lowest BCUT2D eigenvalue weighted by atomic mass is 9.96. The first-order valence-corrected chi connectivity index (χ1v) is 10.6. The van der Waals surface area contributed by atoms with E-state index in [0.717, 1.165) is 35.0 Å². The highest BCUT2D eigenvalue weighted by Gasteiger charge is 2.28. The number of nitrogens with zero attached hydrogens (tertiary/aromatic N) is 3. The van der Waals surface area contributed by atoms with Crippen molar-refractivity contribution in [1.29, 1.82) is 0 Å². The van der Waals surface area contributed by atoms with Crippen LogP contribution in [0.3, 0.4) is 0 Å². The lowest BCUT2D eigenvalue weighted by Gasteiger charge is -2.30. The summed E-state index contributed by atoms with van der Waals surface area (Å²) in [6.07, 6.45) is 1.67. The zero-order valence-corrected chi connectivity index (χ0v) is 17.6. The van der Waals surface area contributed by atoms with Crippen molar-refractivity contribution < 1.29 is 18.1 Å². The number of amides is 1. The fourth-order valence-electron chi connectivity index (χ4n) is 4.34. The third-order valence-electron chi connectivity index (χ3n) is 6.15. The summed E-state index contributed by atoms with van der Waals surface area (Å²) in [5.41, 5.74) is 3.25. The molecule has 0 bridgehead atoms. The molecule has 1 fully saturated rings. The summed E-state index contributed by atoms with van der Waals surface area (Å²) >= 11 is 0. The number of hydrogen-bond acceptors (Lipinski definition) is 4. The third kappa shape index (κ3) is 3.88. The molecule has 4 aromatic rings. The highest BCUT2D eigenvalue weighted by Crippen LogP contribution is 2.30. The number of carbonyl (C=O) groups is 1. The number of aryl methyl sites for hydroxylation is 1. The van der Waals surface area contributed by atoms with Crippen molar-refractivity contribution in [3.8, 4) is 11.4 Å². The van der Waals surface area contributed by atoms with Crippen LogP contribution in [0.5, 0.6) is 0 Å². The second-order valence-corrected chi connectivity index (χ2v) is 8.21. The van der Waals surface area contributed by atoms with E-state index in [-0.39, 0.29) is 29.9 Å². The summed E-state index contributed by atoms with van der Waals surface area (Å²) < 4.78 is 32.3. The first-order chi connectivity index (χ1) is 15.5. The standard InChI is InChI=1S/C24H22F2N4O2/c1-14-19(20-12-18(26)6-7-21(20)27-14)13-22(31)30-10-8-16(9-11-30)24-28-23(29-32-24)15-2-4-17(25)5-3-15/h2-7,12,16,27H,8-11,13H2,1H3. The molecule has 1 saturated heterocycles. The van der Waals surface area contributed by atoms with Crippen molar-refractivity contribution in [3.63, 3.8) is 0 Å². The molecule has 0 atom stereocenters. The Bertz CT molecular complexity index is 1270. The highest BCUT2D eigenvalue weighted by molar-refractivity contribution is 5.90. The van der Waals surface area contributed by atoms with Gasteiger partial charge in [-0.2, -0.15) is 4.98 Å². The number of benzene rings is 2. The van der Waals surface area contributed by atoms with Gasteiger partial charge < -0.3 is 14.4 Å². The van der Waals surface area contributed by atoms with Crippen LogP contribution in [-0.2, 0) is 11.2 Å². The van der Waals surface area contributed by atoms with Crippen molar-refractivity contribution in [2.45, 2.75) is 32.1 Å². The molecule has 0 unspecified atom stereocenters. The van der Waals surface area contributed by atoms with Gasteiger partial charge in [0.25, 0.3) is 0 Å². The van der Waals surface area contributed by atoms with Crippen LogP contribution in [0.25, 0.3) is 22.3 Å².